The van der Waals surface area contributed by atoms with Crippen LogP contribution in [0.1, 0.15) is 19.3 Å². The first kappa shape index (κ1) is 13.6. The molecule has 1 saturated carbocycles. The zero-order valence-electron chi connectivity index (χ0n) is 11.5. The van der Waals surface area contributed by atoms with Crippen molar-refractivity contribution in [2.75, 3.05) is 11.9 Å². The maximum atomic E-state index is 11.9. The van der Waals surface area contributed by atoms with Gasteiger partial charge in [-0.1, -0.05) is 0 Å². The molecule has 8 heteroatoms. The first-order chi connectivity index (χ1) is 10.1. The van der Waals surface area contributed by atoms with Crippen LogP contribution >= 0.6 is 0 Å². The number of carbonyl (C=O) groups excluding carboxylic acids is 3. The maximum absolute atomic E-state index is 11.9. The molecule has 21 heavy (non-hydrogen) atoms. The van der Waals surface area contributed by atoms with Gasteiger partial charge >= 0.3 is 0 Å². The summed E-state index contributed by atoms with van der Waals surface area (Å²) in [4.78, 5) is 34.6. The van der Waals surface area contributed by atoms with Crippen LogP contribution in [0.5, 0.6) is 0 Å². The lowest BCUT2D eigenvalue weighted by atomic mass is 10.1. The largest absolute Gasteiger partial charge is 0.355 e. The van der Waals surface area contributed by atoms with E-state index in [1.807, 2.05) is 0 Å². The van der Waals surface area contributed by atoms with E-state index >= 15 is 0 Å². The highest BCUT2D eigenvalue weighted by Crippen LogP contribution is 2.18. The average Bonchev–Trinajstić information content (AvgIpc) is 2.95. The van der Waals surface area contributed by atoms with E-state index < -0.39 is 0 Å². The molecule has 2 heterocycles. The van der Waals surface area contributed by atoms with E-state index in [0.717, 1.165) is 12.8 Å². The maximum Gasteiger partial charge on any atom is 0.241 e. The van der Waals surface area contributed by atoms with Crippen molar-refractivity contribution < 1.29 is 14.4 Å². The summed E-state index contributed by atoms with van der Waals surface area (Å²) in [7, 11) is 0. The number of carbonyl (C=O) groups is 3. The third kappa shape index (κ3) is 3.59. The Morgan fingerprint density at radius 3 is 2.90 bits per heavy atom. The summed E-state index contributed by atoms with van der Waals surface area (Å²) in [6.45, 7) is 0.498. The average molecular weight is 291 g/mol. The molecule has 1 saturated heterocycles. The van der Waals surface area contributed by atoms with Crippen LogP contribution in [0.2, 0.25) is 0 Å². The second kappa shape index (κ2) is 5.55. The SMILES string of the molecule is O=C1CC(C(=O)Nc2cnn(CC(=O)NC3CC3)c2)CN1. The molecule has 1 atom stereocenters. The van der Waals surface area contributed by atoms with Crippen molar-refractivity contribution in [2.24, 2.45) is 5.92 Å². The highest BCUT2D eigenvalue weighted by Gasteiger charge is 2.28. The summed E-state index contributed by atoms with van der Waals surface area (Å²) in [6, 6.07) is 0.319. The van der Waals surface area contributed by atoms with Crippen molar-refractivity contribution in [3.8, 4) is 0 Å². The highest BCUT2D eigenvalue weighted by atomic mass is 16.2. The molecular weight excluding hydrogens is 274 g/mol. The van der Waals surface area contributed by atoms with Crippen molar-refractivity contribution in [2.45, 2.75) is 31.8 Å². The molecule has 2 fully saturated rings. The molecule has 0 bridgehead atoms. The third-order valence-corrected chi connectivity index (χ3v) is 3.50. The fraction of sp³-hybridized carbons (Fsp3) is 0.538. The van der Waals surface area contributed by atoms with Gasteiger partial charge in [0.05, 0.1) is 17.8 Å². The molecule has 3 amide bonds. The van der Waals surface area contributed by atoms with Gasteiger partial charge in [-0.25, -0.2) is 0 Å². The van der Waals surface area contributed by atoms with Crippen LogP contribution in [0.15, 0.2) is 12.4 Å². The van der Waals surface area contributed by atoms with Gasteiger partial charge in [0.1, 0.15) is 6.54 Å². The molecule has 0 radical (unpaired) electrons. The number of anilines is 1. The lowest BCUT2D eigenvalue weighted by Crippen LogP contribution is -2.29. The van der Waals surface area contributed by atoms with E-state index in [4.69, 9.17) is 0 Å². The number of amides is 3. The van der Waals surface area contributed by atoms with Crippen LogP contribution in [-0.2, 0) is 20.9 Å². The van der Waals surface area contributed by atoms with Crippen LogP contribution in [0.3, 0.4) is 0 Å². The number of aromatic nitrogens is 2. The number of nitrogens with one attached hydrogen (secondary N) is 3. The Hall–Kier alpha value is -2.38. The van der Waals surface area contributed by atoms with Gasteiger partial charge in [0.2, 0.25) is 17.7 Å². The van der Waals surface area contributed by atoms with Gasteiger partial charge in [0.15, 0.2) is 0 Å². The van der Waals surface area contributed by atoms with Crippen molar-refractivity contribution in [3.63, 3.8) is 0 Å². The fourth-order valence-corrected chi connectivity index (χ4v) is 2.20. The lowest BCUT2D eigenvalue weighted by molar-refractivity contribution is -0.123. The summed E-state index contributed by atoms with van der Waals surface area (Å²) < 4.78 is 1.48. The first-order valence-corrected chi connectivity index (χ1v) is 6.99. The number of hydrogen-bond acceptors (Lipinski definition) is 4. The van der Waals surface area contributed by atoms with E-state index in [-0.39, 0.29) is 36.6 Å². The van der Waals surface area contributed by atoms with Gasteiger partial charge in [0, 0.05) is 25.2 Å². The third-order valence-electron chi connectivity index (χ3n) is 3.50. The second-order valence-corrected chi connectivity index (χ2v) is 5.46. The molecule has 1 aromatic rings. The van der Waals surface area contributed by atoms with Crippen molar-refractivity contribution in [3.05, 3.63) is 12.4 Å². The number of rotatable bonds is 5. The van der Waals surface area contributed by atoms with Gasteiger partial charge in [0.25, 0.3) is 0 Å². The molecule has 3 N–H and O–H groups in total. The van der Waals surface area contributed by atoms with Crippen molar-refractivity contribution in [1.29, 1.82) is 0 Å². The highest BCUT2D eigenvalue weighted by molar-refractivity contribution is 5.97. The van der Waals surface area contributed by atoms with E-state index in [1.54, 1.807) is 6.20 Å². The van der Waals surface area contributed by atoms with E-state index in [1.165, 1.54) is 10.9 Å². The lowest BCUT2D eigenvalue weighted by Gasteiger charge is -2.06. The monoisotopic (exact) mass is 291 g/mol. The summed E-state index contributed by atoms with van der Waals surface area (Å²) in [5, 5.41) is 12.2. The van der Waals surface area contributed by atoms with Gasteiger partial charge in [-0.15, -0.1) is 0 Å². The summed E-state index contributed by atoms with van der Waals surface area (Å²) in [5.74, 6) is -0.749. The topological polar surface area (TPSA) is 105 Å². The standard InChI is InChI=1S/C13H17N5O3/c19-11-3-8(4-14-11)13(21)17-10-5-15-18(6-10)7-12(20)16-9-1-2-9/h5-6,8-9H,1-4,7H2,(H,14,19)(H,16,20)(H,17,21). The van der Waals surface area contributed by atoms with E-state index in [9.17, 15) is 14.4 Å². The molecule has 1 aliphatic carbocycles. The van der Waals surface area contributed by atoms with Crippen LogP contribution in [0, 0.1) is 5.92 Å². The molecule has 0 spiro atoms. The molecule has 0 aromatic carbocycles. The number of hydrogen-bond donors (Lipinski definition) is 3. The minimum absolute atomic E-state index is 0.0796. The summed E-state index contributed by atoms with van der Waals surface area (Å²) >= 11 is 0. The van der Waals surface area contributed by atoms with Crippen LogP contribution in [0.25, 0.3) is 0 Å². The van der Waals surface area contributed by atoms with Crippen LogP contribution in [0.4, 0.5) is 5.69 Å². The number of nitrogens with zero attached hydrogens (tertiary/aromatic N) is 2. The first-order valence-electron chi connectivity index (χ1n) is 6.99. The zero-order chi connectivity index (χ0) is 14.8. The van der Waals surface area contributed by atoms with Gasteiger partial charge in [-0.2, -0.15) is 5.10 Å². The van der Waals surface area contributed by atoms with E-state index in [0.29, 0.717) is 18.3 Å². The Balaban J connectivity index is 1.51. The Morgan fingerprint density at radius 2 is 2.24 bits per heavy atom. The summed E-state index contributed by atoms with van der Waals surface area (Å²) in [6.07, 6.45) is 5.39. The predicted molar refractivity (Wildman–Crippen MR) is 73.1 cm³/mol. The molecule has 112 valence electrons. The Bertz CT molecular complexity index is 578. The molecule has 1 aliphatic heterocycles. The minimum atomic E-state index is -0.348. The fourth-order valence-electron chi connectivity index (χ4n) is 2.20. The molecule has 1 aromatic heterocycles. The molecule has 3 rings (SSSR count). The van der Waals surface area contributed by atoms with Gasteiger partial charge in [-0.05, 0) is 12.8 Å². The van der Waals surface area contributed by atoms with Crippen molar-refractivity contribution >= 4 is 23.4 Å². The quantitative estimate of drug-likeness (QED) is 0.663. The van der Waals surface area contributed by atoms with Crippen LogP contribution in [-0.4, -0.2) is 40.1 Å². The smallest absolute Gasteiger partial charge is 0.241 e. The normalized spacial score (nSPS) is 21.0. The molecule has 8 nitrogen and oxygen atoms in total. The Labute approximate surface area is 121 Å². The summed E-state index contributed by atoms with van der Waals surface area (Å²) in [5.41, 5.74) is 0.526. The van der Waals surface area contributed by atoms with E-state index in [2.05, 4.69) is 21.0 Å². The Morgan fingerprint density at radius 1 is 1.43 bits per heavy atom. The zero-order valence-corrected chi connectivity index (χ0v) is 11.5. The van der Waals surface area contributed by atoms with Crippen LogP contribution < -0.4 is 16.0 Å². The predicted octanol–water partition coefficient (Wildman–Crippen LogP) is -0.764. The van der Waals surface area contributed by atoms with Gasteiger partial charge < -0.3 is 16.0 Å². The van der Waals surface area contributed by atoms with Crippen molar-refractivity contribution in [1.82, 2.24) is 20.4 Å². The Kier molecular flexibility index (Phi) is 3.59. The molecule has 1 unspecified atom stereocenters. The minimum Gasteiger partial charge on any atom is -0.355 e. The molecule has 2 aliphatic rings. The molecular formula is C13H17N5O3. The van der Waals surface area contributed by atoms with Gasteiger partial charge in [-0.3, -0.25) is 19.1 Å². The second-order valence-electron chi connectivity index (χ2n) is 5.46.